The van der Waals surface area contributed by atoms with Crippen LogP contribution >= 0.6 is 0 Å². The summed E-state index contributed by atoms with van der Waals surface area (Å²) < 4.78 is 40.8. The van der Waals surface area contributed by atoms with Gasteiger partial charge in [0, 0.05) is 24.3 Å². The fourth-order valence-electron chi connectivity index (χ4n) is 3.34. The van der Waals surface area contributed by atoms with E-state index in [-0.39, 0.29) is 22.7 Å². The van der Waals surface area contributed by atoms with Gasteiger partial charge in [0.2, 0.25) is 0 Å². The lowest BCUT2D eigenvalue weighted by atomic mass is 10.0. The highest BCUT2D eigenvalue weighted by Crippen LogP contribution is 2.36. The van der Waals surface area contributed by atoms with E-state index in [4.69, 9.17) is 5.73 Å². The highest BCUT2D eigenvalue weighted by Gasteiger charge is 2.42. The maximum Gasteiger partial charge on any atom is 0.306 e. The second kappa shape index (κ2) is 7.76. The Morgan fingerprint density at radius 2 is 1.81 bits per heavy atom. The van der Waals surface area contributed by atoms with Gasteiger partial charge in [-0.25, -0.2) is 4.39 Å². The lowest BCUT2D eigenvalue weighted by Gasteiger charge is -2.34. The molecule has 0 fully saturated rings. The summed E-state index contributed by atoms with van der Waals surface area (Å²) in [5.41, 5.74) is 7.98. The fraction of sp³-hybridized carbons (Fsp3) is 0.238. The van der Waals surface area contributed by atoms with Gasteiger partial charge in [0.05, 0.1) is 5.75 Å². The van der Waals surface area contributed by atoms with Crippen molar-refractivity contribution in [3.63, 3.8) is 0 Å². The van der Waals surface area contributed by atoms with E-state index in [9.17, 15) is 8.42 Å². The number of alkyl halides is 1. The molecule has 1 aliphatic heterocycles. The van der Waals surface area contributed by atoms with Crippen LogP contribution in [-0.4, -0.2) is 27.3 Å². The van der Waals surface area contributed by atoms with E-state index in [0.29, 0.717) is 16.8 Å². The lowest BCUT2D eigenvalue weighted by molar-refractivity contribution is 0.401. The summed E-state index contributed by atoms with van der Waals surface area (Å²) >= 11 is 0. The molecule has 0 bridgehead atoms. The van der Waals surface area contributed by atoms with Crippen LogP contribution in [0, 0.1) is 0 Å². The smallest absolute Gasteiger partial charge is 0.306 e. The predicted octanol–water partition coefficient (Wildman–Crippen LogP) is 3.81. The maximum absolute atomic E-state index is 15.1. The average molecular weight is 388 g/mol. The average Bonchev–Trinajstić information content (AvgIpc) is 2.73. The minimum absolute atomic E-state index is 0.0306. The van der Waals surface area contributed by atoms with Crippen molar-refractivity contribution in [2.75, 3.05) is 18.8 Å². The molecule has 0 saturated carbocycles. The molecule has 0 aromatic heterocycles. The first-order valence-electron chi connectivity index (χ1n) is 8.92. The summed E-state index contributed by atoms with van der Waals surface area (Å²) in [6.45, 7) is 2.12. The van der Waals surface area contributed by atoms with Gasteiger partial charge in [0.1, 0.15) is 12.7 Å². The monoisotopic (exact) mass is 387 g/mol. The van der Waals surface area contributed by atoms with Gasteiger partial charge < -0.3 is 5.73 Å². The standard InChI is InChI=1S/C21H24FN2O2S/c1-2-27(25,26)24(13-7-8-17(15-23)16-24)20-12-6-11-19(14-20)21(22)18-9-4-3-5-10-18/h3-12,14,16,21H,2,13,15,23H2,1H3/q+1. The minimum Gasteiger partial charge on any atom is -0.326 e. The van der Waals surface area contributed by atoms with Crippen LogP contribution in [0.1, 0.15) is 24.2 Å². The van der Waals surface area contributed by atoms with Crippen LogP contribution in [0.25, 0.3) is 0 Å². The molecule has 2 unspecified atom stereocenters. The normalized spacial score (nSPS) is 20.9. The zero-order valence-electron chi connectivity index (χ0n) is 15.3. The van der Waals surface area contributed by atoms with E-state index in [0.717, 1.165) is 5.57 Å². The van der Waals surface area contributed by atoms with Crippen molar-refractivity contribution in [1.82, 2.24) is 3.89 Å². The topological polar surface area (TPSA) is 60.2 Å². The third kappa shape index (κ3) is 3.60. The number of nitrogens with zero attached hydrogens (tertiary/aromatic N) is 1. The van der Waals surface area contributed by atoms with Gasteiger partial charge in [-0.2, -0.15) is 12.3 Å². The van der Waals surface area contributed by atoms with Crippen molar-refractivity contribution in [2.45, 2.75) is 13.1 Å². The lowest BCUT2D eigenvalue weighted by Crippen LogP contribution is -2.51. The second-order valence-corrected chi connectivity index (χ2v) is 8.92. The Balaban J connectivity index is 2.13. The molecular formula is C21H24FN2O2S+. The molecule has 2 atom stereocenters. The molecule has 1 heterocycles. The Kier molecular flexibility index (Phi) is 5.60. The van der Waals surface area contributed by atoms with Crippen LogP contribution < -0.4 is 9.62 Å². The van der Waals surface area contributed by atoms with Crippen LogP contribution in [0.4, 0.5) is 10.1 Å². The third-order valence-corrected chi connectivity index (χ3v) is 7.06. The SMILES string of the molecule is CCS(=O)(=O)[N+]1(c2cccc(C(F)c3ccccc3)c2)C=C(CN)C=CC1. The minimum atomic E-state index is -3.55. The molecule has 0 saturated heterocycles. The molecule has 142 valence electrons. The number of benzene rings is 2. The van der Waals surface area contributed by atoms with Gasteiger partial charge in [0.25, 0.3) is 0 Å². The summed E-state index contributed by atoms with van der Waals surface area (Å²) in [7, 11) is -3.55. The van der Waals surface area contributed by atoms with Crippen LogP contribution in [0.5, 0.6) is 0 Å². The Morgan fingerprint density at radius 1 is 1.11 bits per heavy atom. The summed E-state index contributed by atoms with van der Waals surface area (Å²) in [5.74, 6) is -0.0306. The van der Waals surface area contributed by atoms with Gasteiger partial charge in [-0.05, 0) is 24.1 Å². The van der Waals surface area contributed by atoms with Crippen molar-refractivity contribution >= 4 is 15.7 Å². The van der Waals surface area contributed by atoms with Gasteiger partial charge >= 0.3 is 10.0 Å². The second-order valence-electron chi connectivity index (χ2n) is 6.53. The van der Waals surface area contributed by atoms with Crippen molar-refractivity contribution in [3.05, 3.63) is 89.6 Å². The molecule has 0 radical (unpaired) electrons. The number of quaternary nitrogens is 1. The van der Waals surface area contributed by atoms with Crippen molar-refractivity contribution in [1.29, 1.82) is 0 Å². The summed E-state index contributed by atoms with van der Waals surface area (Å²) in [6.07, 6.45) is 4.00. The first-order valence-corrected chi connectivity index (χ1v) is 10.5. The first-order chi connectivity index (χ1) is 12.9. The van der Waals surface area contributed by atoms with E-state index in [1.54, 1.807) is 61.7 Å². The van der Waals surface area contributed by atoms with Crippen LogP contribution in [0.2, 0.25) is 0 Å². The molecule has 0 spiro atoms. The molecule has 0 aliphatic carbocycles. The van der Waals surface area contributed by atoms with Gasteiger partial charge in [-0.1, -0.05) is 48.5 Å². The third-order valence-electron chi connectivity index (χ3n) is 4.87. The van der Waals surface area contributed by atoms with Gasteiger partial charge in [-0.3, -0.25) is 0 Å². The molecule has 2 aromatic rings. The molecule has 0 amide bonds. The Labute approximate surface area is 160 Å². The van der Waals surface area contributed by atoms with E-state index in [1.807, 2.05) is 18.2 Å². The van der Waals surface area contributed by atoms with Crippen LogP contribution in [-0.2, 0) is 10.0 Å². The number of sulfonamides is 1. The van der Waals surface area contributed by atoms with Crippen molar-refractivity contribution in [2.24, 2.45) is 5.73 Å². The molecule has 4 nitrogen and oxygen atoms in total. The molecule has 2 aromatic carbocycles. The summed E-state index contributed by atoms with van der Waals surface area (Å²) in [4.78, 5) is 0. The fourth-order valence-corrected chi connectivity index (χ4v) is 4.85. The molecular weight excluding hydrogens is 363 g/mol. The quantitative estimate of drug-likeness (QED) is 0.767. The van der Waals surface area contributed by atoms with Crippen molar-refractivity contribution in [3.8, 4) is 0 Å². The zero-order valence-corrected chi connectivity index (χ0v) is 16.1. The molecule has 1 aliphatic rings. The molecule has 27 heavy (non-hydrogen) atoms. The van der Waals surface area contributed by atoms with Gasteiger partial charge in [-0.15, -0.1) is 0 Å². The Bertz CT molecular complexity index is 971. The Hall–Kier alpha value is -2.28. The van der Waals surface area contributed by atoms with E-state index < -0.39 is 16.2 Å². The van der Waals surface area contributed by atoms with E-state index >= 15 is 4.39 Å². The van der Waals surface area contributed by atoms with E-state index in [2.05, 4.69) is 0 Å². The maximum atomic E-state index is 15.1. The van der Waals surface area contributed by atoms with Crippen LogP contribution in [0.3, 0.4) is 0 Å². The first kappa shape index (κ1) is 19.5. The highest BCUT2D eigenvalue weighted by atomic mass is 32.2. The summed E-state index contributed by atoms with van der Waals surface area (Å²) in [6, 6.07) is 15.6. The Morgan fingerprint density at radius 3 is 2.48 bits per heavy atom. The van der Waals surface area contributed by atoms with Crippen LogP contribution in [0.15, 0.2) is 78.5 Å². The van der Waals surface area contributed by atoms with Crippen molar-refractivity contribution < 1.29 is 12.8 Å². The predicted molar refractivity (Wildman–Crippen MR) is 108 cm³/mol. The molecule has 3 rings (SSSR count). The number of nitrogens with two attached hydrogens (primary N) is 1. The van der Waals surface area contributed by atoms with Gasteiger partial charge in [0.15, 0.2) is 11.9 Å². The highest BCUT2D eigenvalue weighted by molar-refractivity contribution is 7.91. The van der Waals surface area contributed by atoms with E-state index in [1.165, 1.54) is 0 Å². The summed E-state index contributed by atoms with van der Waals surface area (Å²) in [5, 5.41) is 0. The largest absolute Gasteiger partial charge is 0.326 e. The number of hydrogen-bond donors (Lipinski definition) is 1. The number of hydrogen-bond acceptors (Lipinski definition) is 3. The molecule has 2 N–H and O–H groups in total. The zero-order chi connectivity index (χ0) is 19.5. The number of halogens is 1. The molecule has 6 heteroatoms. The number of rotatable bonds is 6.